The lowest BCUT2D eigenvalue weighted by Crippen LogP contribution is -2.27. The number of anilines is 1. The summed E-state index contributed by atoms with van der Waals surface area (Å²) >= 11 is 3.31. The molecule has 1 aromatic carbocycles. The molecular formula is C14H9BrF2N4O. The number of imidazole rings is 1. The number of halogens is 3. The van der Waals surface area contributed by atoms with Crippen LogP contribution in [0.1, 0.15) is 10.5 Å². The van der Waals surface area contributed by atoms with E-state index in [9.17, 15) is 13.6 Å². The quantitative estimate of drug-likeness (QED) is 0.700. The van der Waals surface area contributed by atoms with Crippen LogP contribution in [0.3, 0.4) is 0 Å². The van der Waals surface area contributed by atoms with Gasteiger partial charge in [0, 0.05) is 25.0 Å². The van der Waals surface area contributed by atoms with E-state index in [2.05, 4.69) is 25.9 Å². The molecule has 8 heteroatoms. The van der Waals surface area contributed by atoms with Crippen molar-refractivity contribution in [3.63, 3.8) is 0 Å². The molecule has 0 saturated carbocycles. The second-order valence-corrected chi connectivity index (χ2v) is 5.36. The number of carbonyl (C=O) groups is 1. The van der Waals surface area contributed by atoms with Crippen molar-refractivity contribution >= 4 is 33.2 Å². The van der Waals surface area contributed by atoms with Crippen LogP contribution in [0.4, 0.5) is 14.5 Å². The fourth-order valence-corrected chi connectivity index (χ4v) is 2.34. The van der Waals surface area contributed by atoms with Crippen molar-refractivity contribution < 1.29 is 13.6 Å². The highest BCUT2D eigenvalue weighted by Gasteiger charge is 2.17. The van der Waals surface area contributed by atoms with Gasteiger partial charge < -0.3 is 4.90 Å². The molecule has 2 aromatic heterocycles. The molecule has 0 aliphatic rings. The van der Waals surface area contributed by atoms with E-state index < -0.39 is 17.5 Å². The molecule has 3 rings (SSSR count). The van der Waals surface area contributed by atoms with Crippen LogP contribution in [0.15, 0.2) is 41.4 Å². The third-order valence-corrected chi connectivity index (χ3v) is 3.75. The molecule has 22 heavy (non-hydrogen) atoms. The Hall–Kier alpha value is -2.35. The van der Waals surface area contributed by atoms with Crippen molar-refractivity contribution in [1.82, 2.24) is 14.4 Å². The molecule has 0 bridgehead atoms. The summed E-state index contributed by atoms with van der Waals surface area (Å²) in [5.41, 5.74) is 0.966. The van der Waals surface area contributed by atoms with Crippen LogP contribution < -0.4 is 4.90 Å². The zero-order valence-electron chi connectivity index (χ0n) is 11.3. The van der Waals surface area contributed by atoms with Crippen LogP contribution in [-0.4, -0.2) is 27.3 Å². The van der Waals surface area contributed by atoms with E-state index in [1.54, 1.807) is 10.6 Å². The molecule has 0 aliphatic heterocycles. The first-order chi connectivity index (χ1) is 10.5. The minimum Gasteiger partial charge on any atom is -0.310 e. The van der Waals surface area contributed by atoms with Gasteiger partial charge >= 0.3 is 0 Å². The second-order valence-electron chi connectivity index (χ2n) is 4.54. The highest BCUT2D eigenvalue weighted by molar-refractivity contribution is 9.10. The highest BCUT2D eigenvalue weighted by Crippen LogP contribution is 2.19. The Labute approximate surface area is 132 Å². The van der Waals surface area contributed by atoms with Crippen molar-refractivity contribution in [2.24, 2.45) is 0 Å². The number of aromatic nitrogens is 3. The number of nitrogens with zero attached hydrogens (tertiary/aromatic N) is 4. The molecule has 0 aliphatic carbocycles. The summed E-state index contributed by atoms with van der Waals surface area (Å²) in [6.07, 6.45) is 4.56. The Balaban J connectivity index is 1.96. The van der Waals surface area contributed by atoms with Gasteiger partial charge in [0.2, 0.25) is 0 Å². The minimum atomic E-state index is -1.02. The van der Waals surface area contributed by atoms with Gasteiger partial charge in [0.1, 0.15) is 10.3 Å². The summed E-state index contributed by atoms with van der Waals surface area (Å²) in [7, 11) is 1.46. The van der Waals surface area contributed by atoms with Crippen molar-refractivity contribution in [3.05, 3.63) is 58.7 Å². The lowest BCUT2D eigenvalue weighted by Gasteiger charge is -2.17. The van der Waals surface area contributed by atoms with E-state index in [0.29, 0.717) is 10.3 Å². The number of benzene rings is 1. The Morgan fingerprint density at radius 3 is 2.73 bits per heavy atom. The zero-order chi connectivity index (χ0) is 15.9. The molecule has 112 valence electrons. The van der Waals surface area contributed by atoms with E-state index in [-0.39, 0.29) is 11.4 Å². The summed E-state index contributed by atoms with van der Waals surface area (Å²) in [5, 5.41) is 0. The Kier molecular flexibility index (Phi) is 3.61. The fourth-order valence-electron chi connectivity index (χ4n) is 1.95. The SMILES string of the molecule is CN(C(=O)c1cn2c(Br)cnc2cn1)c1ccc(F)c(F)c1. The molecule has 3 aromatic rings. The fraction of sp³-hybridized carbons (Fsp3) is 0.0714. The van der Waals surface area contributed by atoms with Crippen LogP contribution in [0.5, 0.6) is 0 Å². The van der Waals surface area contributed by atoms with E-state index >= 15 is 0 Å². The molecule has 0 N–H and O–H groups in total. The zero-order valence-corrected chi connectivity index (χ0v) is 12.9. The van der Waals surface area contributed by atoms with E-state index in [4.69, 9.17) is 0 Å². The van der Waals surface area contributed by atoms with Crippen molar-refractivity contribution in [3.8, 4) is 0 Å². The topological polar surface area (TPSA) is 50.5 Å². The van der Waals surface area contributed by atoms with Crippen molar-refractivity contribution in [1.29, 1.82) is 0 Å². The third-order valence-electron chi connectivity index (χ3n) is 3.17. The largest absolute Gasteiger partial charge is 0.310 e. The first-order valence-corrected chi connectivity index (χ1v) is 6.98. The first-order valence-electron chi connectivity index (χ1n) is 6.19. The molecule has 0 radical (unpaired) electrons. The second kappa shape index (κ2) is 5.45. The third kappa shape index (κ3) is 2.45. The lowest BCUT2D eigenvalue weighted by atomic mass is 10.2. The van der Waals surface area contributed by atoms with Gasteiger partial charge in [-0.15, -0.1) is 0 Å². The molecule has 2 heterocycles. The summed E-state index contributed by atoms with van der Waals surface area (Å²) in [4.78, 5) is 21.7. The van der Waals surface area contributed by atoms with Gasteiger partial charge in [-0.2, -0.15) is 0 Å². The molecular weight excluding hydrogens is 358 g/mol. The van der Waals surface area contributed by atoms with Crippen molar-refractivity contribution in [2.75, 3.05) is 11.9 Å². The summed E-state index contributed by atoms with van der Waals surface area (Å²) in [6, 6.07) is 3.25. The van der Waals surface area contributed by atoms with E-state index in [1.807, 2.05) is 0 Å². The Bertz CT molecular complexity index is 880. The number of carbonyl (C=O) groups excluding carboxylic acids is 1. The molecule has 5 nitrogen and oxygen atoms in total. The molecule has 0 unspecified atom stereocenters. The van der Waals surface area contributed by atoms with Crippen LogP contribution >= 0.6 is 15.9 Å². The average Bonchev–Trinajstić information content (AvgIpc) is 2.89. The van der Waals surface area contributed by atoms with Gasteiger partial charge in [0.15, 0.2) is 17.3 Å². The molecule has 0 spiro atoms. The number of rotatable bonds is 2. The summed E-state index contributed by atoms with van der Waals surface area (Å²) in [6.45, 7) is 0. The predicted octanol–water partition coefficient (Wildman–Crippen LogP) is 3.05. The Morgan fingerprint density at radius 2 is 2.00 bits per heavy atom. The predicted molar refractivity (Wildman–Crippen MR) is 79.8 cm³/mol. The monoisotopic (exact) mass is 366 g/mol. The van der Waals surface area contributed by atoms with Gasteiger partial charge in [-0.3, -0.25) is 9.20 Å². The Morgan fingerprint density at radius 1 is 1.23 bits per heavy atom. The normalized spacial score (nSPS) is 10.9. The van der Waals surface area contributed by atoms with Crippen LogP contribution in [-0.2, 0) is 0 Å². The van der Waals surface area contributed by atoms with Crippen LogP contribution in [0.2, 0.25) is 0 Å². The van der Waals surface area contributed by atoms with Crippen LogP contribution in [0.25, 0.3) is 5.65 Å². The number of amides is 1. The van der Waals surface area contributed by atoms with Crippen molar-refractivity contribution in [2.45, 2.75) is 0 Å². The minimum absolute atomic E-state index is 0.151. The van der Waals surface area contributed by atoms with Gasteiger partial charge in [0.05, 0.1) is 12.4 Å². The average molecular weight is 367 g/mol. The molecule has 0 saturated heterocycles. The standard InChI is InChI=1S/C14H9BrF2N4O/c1-20(8-2-3-9(16)10(17)4-8)14(22)11-7-21-12(15)5-19-13(21)6-18-11/h2-7H,1H3. The maximum Gasteiger partial charge on any atom is 0.278 e. The molecule has 0 fully saturated rings. The van der Waals surface area contributed by atoms with Gasteiger partial charge in [-0.05, 0) is 28.1 Å². The summed E-state index contributed by atoms with van der Waals surface area (Å²) in [5.74, 6) is -2.43. The van der Waals surface area contributed by atoms with Crippen LogP contribution in [0, 0.1) is 11.6 Å². The highest BCUT2D eigenvalue weighted by atomic mass is 79.9. The number of hydrogen-bond acceptors (Lipinski definition) is 3. The maximum absolute atomic E-state index is 13.3. The molecule has 0 atom stereocenters. The van der Waals surface area contributed by atoms with Gasteiger partial charge in [-0.25, -0.2) is 18.7 Å². The lowest BCUT2D eigenvalue weighted by molar-refractivity contribution is 0.0987. The number of fused-ring (bicyclic) bond motifs is 1. The van der Waals surface area contributed by atoms with Gasteiger partial charge in [0.25, 0.3) is 5.91 Å². The van der Waals surface area contributed by atoms with E-state index in [0.717, 1.165) is 12.1 Å². The first kappa shape index (κ1) is 14.6. The van der Waals surface area contributed by atoms with E-state index in [1.165, 1.54) is 30.4 Å². The van der Waals surface area contributed by atoms with Gasteiger partial charge in [-0.1, -0.05) is 0 Å². The maximum atomic E-state index is 13.3. The number of hydrogen-bond donors (Lipinski definition) is 0. The summed E-state index contributed by atoms with van der Waals surface area (Å²) < 4.78 is 28.6. The smallest absolute Gasteiger partial charge is 0.278 e. The molecule has 1 amide bonds.